The fourth-order valence-corrected chi connectivity index (χ4v) is 5.90. The van der Waals surface area contributed by atoms with Gasteiger partial charge in [0, 0.05) is 31.9 Å². The van der Waals surface area contributed by atoms with Crippen molar-refractivity contribution in [1.29, 1.82) is 0 Å². The Balaban J connectivity index is 2.75. The van der Waals surface area contributed by atoms with E-state index in [0.717, 1.165) is 30.5 Å². The fourth-order valence-electron chi connectivity index (χ4n) is 2.59. The second kappa shape index (κ2) is 12.0. The molecule has 0 amide bonds. The number of thioether (sulfide) groups is 2. The molecule has 1 fully saturated rings. The molecule has 1 unspecified atom stereocenters. The Morgan fingerprint density at radius 2 is 1.38 bits per heavy atom. The van der Waals surface area contributed by atoms with Crippen molar-refractivity contribution in [2.75, 3.05) is 31.9 Å². The summed E-state index contributed by atoms with van der Waals surface area (Å²) in [6.07, 6.45) is -4.16. The highest BCUT2D eigenvalue weighted by Crippen LogP contribution is 2.32. The molecule has 1 rings (SSSR count). The summed E-state index contributed by atoms with van der Waals surface area (Å²) in [5.41, 5.74) is 0. The van der Waals surface area contributed by atoms with Gasteiger partial charge in [0.05, 0.1) is 17.5 Å². The van der Waals surface area contributed by atoms with Crippen LogP contribution in [-0.2, 0) is 4.74 Å². The molecule has 10 heteroatoms. The third kappa shape index (κ3) is 6.44. The third-order valence-electron chi connectivity index (χ3n) is 4.31. The van der Waals surface area contributed by atoms with E-state index >= 15 is 0 Å². The molecule has 0 aromatic rings. The zero-order chi connectivity index (χ0) is 19.9. The first-order valence-corrected chi connectivity index (χ1v) is 11.6. The van der Waals surface area contributed by atoms with Crippen LogP contribution in [0.1, 0.15) is 27.7 Å². The van der Waals surface area contributed by atoms with Gasteiger partial charge in [-0.3, -0.25) is 0 Å². The zero-order valence-electron chi connectivity index (χ0n) is 15.7. The summed E-state index contributed by atoms with van der Waals surface area (Å²) in [4.78, 5) is 4.02. The predicted molar refractivity (Wildman–Crippen MR) is 118 cm³/mol. The van der Waals surface area contributed by atoms with Crippen LogP contribution < -0.4 is 0 Å². The number of aliphatic hydroxyl groups excluding tert-OH is 3. The number of hydrogen-bond acceptors (Lipinski definition) is 8. The van der Waals surface area contributed by atoms with Crippen LogP contribution in [0.15, 0.2) is 0 Å². The molecule has 3 N–H and O–H groups in total. The van der Waals surface area contributed by atoms with Gasteiger partial charge in [0.15, 0.2) is 6.29 Å². The summed E-state index contributed by atoms with van der Waals surface area (Å²) >= 11 is 13.5. The Morgan fingerprint density at radius 3 is 1.88 bits per heavy atom. The van der Waals surface area contributed by atoms with Gasteiger partial charge in [-0.2, -0.15) is 0 Å². The van der Waals surface area contributed by atoms with E-state index < -0.39 is 29.9 Å². The lowest BCUT2D eigenvalue weighted by atomic mass is 10.0. The molecule has 5 atom stereocenters. The molecule has 152 valence electrons. The van der Waals surface area contributed by atoms with Crippen molar-refractivity contribution < 1.29 is 20.1 Å². The summed E-state index contributed by atoms with van der Waals surface area (Å²) < 4.78 is 6.75. The largest absolute Gasteiger partial charge is 0.389 e. The molecule has 0 aromatic carbocycles. The molecule has 1 aliphatic rings. The van der Waals surface area contributed by atoms with Crippen LogP contribution in [0.3, 0.4) is 0 Å². The molecular formula is C16H30N2O4S4. The van der Waals surface area contributed by atoms with Crippen molar-refractivity contribution in [1.82, 2.24) is 9.80 Å². The van der Waals surface area contributed by atoms with Gasteiger partial charge in [0.2, 0.25) is 0 Å². The van der Waals surface area contributed by atoms with E-state index in [0.29, 0.717) is 10.1 Å². The predicted octanol–water partition coefficient (Wildman–Crippen LogP) is 1.51. The first-order valence-electron chi connectivity index (χ1n) is 8.87. The Kier molecular flexibility index (Phi) is 11.2. The number of rotatable bonds is 7. The first-order chi connectivity index (χ1) is 12.3. The van der Waals surface area contributed by atoms with Gasteiger partial charge in [-0.1, -0.05) is 48.0 Å². The highest BCUT2D eigenvalue weighted by Gasteiger charge is 2.45. The molecular weight excluding hydrogens is 412 g/mol. The van der Waals surface area contributed by atoms with Gasteiger partial charge in [-0.05, 0) is 27.7 Å². The van der Waals surface area contributed by atoms with Crippen LogP contribution in [0.5, 0.6) is 0 Å². The van der Waals surface area contributed by atoms with Gasteiger partial charge in [-0.15, -0.1) is 0 Å². The molecule has 0 spiro atoms. The van der Waals surface area contributed by atoms with Gasteiger partial charge >= 0.3 is 0 Å². The Bertz CT molecular complexity index is 464. The first kappa shape index (κ1) is 24.4. The fraction of sp³-hybridized carbons (Fsp3) is 0.875. The third-order valence-corrected chi connectivity index (χ3v) is 7.76. The smallest absolute Gasteiger partial charge is 0.182 e. The summed E-state index contributed by atoms with van der Waals surface area (Å²) in [7, 11) is 0. The average molecular weight is 443 g/mol. The summed E-state index contributed by atoms with van der Waals surface area (Å²) in [5.74, 6) is 0.398. The van der Waals surface area contributed by atoms with Gasteiger partial charge in [0.25, 0.3) is 0 Å². The number of aliphatic hydroxyl groups is 3. The van der Waals surface area contributed by atoms with Crippen molar-refractivity contribution in [3.8, 4) is 0 Å². The molecule has 1 heterocycles. The van der Waals surface area contributed by atoms with E-state index in [1.807, 2.05) is 37.5 Å². The Labute approximate surface area is 175 Å². The van der Waals surface area contributed by atoms with Crippen molar-refractivity contribution in [3.63, 3.8) is 0 Å². The summed E-state index contributed by atoms with van der Waals surface area (Å²) in [6, 6.07) is 0. The van der Waals surface area contributed by atoms with E-state index in [-0.39, 0.29) is 0 Å². The Hall–Kier alpha value is 0.320. The van der Waals surface area contributed by atoms with Gasteiger partial charge in [0.1, 0.15) is 14.7 Å². The maximum atomic E-state index is 10.7. The highest BCUT2D eigenvalue weighted by atomic mass is 32.2. The van der Waals surface area contributed by atoms with Crippen LogP contribution in [0, 0.1) is 0 Å². The van der Waals surface area contributed by atoms with Gasteiger partial charge in [-0.25, -0.2) is 0 Å². The summed E-state index contributed by atoms with van der Waals surface area (Å²) in [6.45, 7) is 11.2. The van der Waals surface area contributed by atoms with E-state index in [1.165, 1.54) is 23.5 Å². The van der Waals surface area contributed by atoms with E-state index in [4.69, 9.17) is 29.2 Å². The van der Waals surface area contributed by atoms with Gasteiger partial charge < -0.3 is 29.9 Å². The maximum Gasteiger partial charge on any atom is 0.182 e. The number of ether oxygens (including phenoxy) is 1. The summed E-state index contributed by atoms with van der Waals surface area (Å²) in [5, 5.41) is 30.4. The molecule has 1 aliphatic heterocycles. The number of thiocarbonyl (C=S) groups is 2. The average Bonchev–Trinajstić information content (AvgIpc) is 2.62. The normalized spacial score (nSPS) is 28.7. The number of hydrogen-bond donors (Lipinski definition) is 3. The molecule has 0 aliphatic carbocycles. The van der Waals surface area contributed by atoms with Crippen LogP contribution in [0.25, 0.3) is 0 Å². The molecule has 0 radical (unpaired) electrons. The zero-order valence-corrected chi connectivity index (χ0v) is 19.0. The van der Waals surface area contributed by atoms with Crippen LogP contribution in [0.4, 0.5) is 0 Å². The van der Waals surface area contributed by atoms with E-state index in [1.54, 1.807) is 0 Å². The maximum absolute atomic E-state index is 10.7. The lowest BCUT2D eigenvalue weighted by molar-refractivity contribution is -0.235. The quantitative estimate of drug-likeness (QED) is 0.505. The molecule has 26 heavy (non-hydrogen) atoms. The molecule has 0 bridgehead atoms. The lowest BCUT2D eigenvalue weighted by Gasteiger charge is -2.41. The number of nitrogens with zero attached hydrogens (tertiary/aromatic N) is 2. The minimum absolute atomic E-state index is 0.398. The minimum atomic E-state index is -1.36. The van der Waals surface area contributed by atoms with Crippen molar-refractivity contribution >= 4 is 56.6 Å². The lowest BCUT2D eigenvalue weighted by Crippen LogP contribution is -2.57. The highest BCUT2D eigenvalue weighted by molar-refractivity contribution is 8.23. The SMILES string of the molecule is CCN(CC)C(=S)SC[C@H]1OC(O)[C@H](O)[C@@H](SC(=S)N(CC)CC)[C@@H]1O. The molecule has 6 nitrogen and oxygen atoms in total. The van der Waals surface area contributed by atoms with Crippen molar-refractivity contribution in [2.24, 2.45) is 0 Å². The van der Waals surface area contributed by atoms with Crippen LogP contribution in [-0.4, -0.2) is 95.5 Å². The van der Waals surface area contributed by atoms with E-state index in [2.05, 4.69) is 0 Å². The van der Waals surface area contributed by atoms with E-state index in [9.17, 15) is 15.3 Å². The van der Waals surface area contributed by atoms with Crippen molar-refractivity contribution in [2.45, 2.75) is 57.5 Å². The standard InChI is InChI=1S/C16H30N2O4S4/c1-5-17(6-2)15(23)25-9-10-11(19)13(12(20)14(21)22-10)26-16(24)18(7-3)8-4/h10-14,19-21H,5-9H2,1-4H3/t10-,11-,12-,13+,14?/m1/s1. The second-order valence-electron chi connectivity index (χ2n) is 5.82. The van der Waals surface area contributed by atoms with Crippen molar-refractivity contribution in [3.05, 3.63) is 0 Å². The Morgan fingerprint density at radius 1 is 0.885 bits per heavy atom. The second-order valence-corrected chi connectivity index (χ2v) is 9.28. The van der Waals surface area contributed by atoms with Crippen LogP contribution in [0.2, 0.25) is 0 Å². The topological polar surface area (TPSA) is 76.4 Å². The molecule has 1 saturated heterocycles. The molecule has 0 aromatic heterocycles. The molecule has 0 saturated carbocycles. The minimum Gasteiger partial charge on any atom is -0.389 e. The van der Waals surface area contributed by atoms with Crippen LogP contribution >= 0.6 is 48.0 Å². The monoisotopic (exact) mass is 442 g/mol.